The minimum absolute atomic E-state index is 0.294. The van der Waals surface area contributed by atoms with Crippen molar-refractivity contribution in [3.05, 3.63) is 36.8 Å². The van der Waals surface area contributed by atoms with Gasteiger partial charge in [0.2, 0.25) is 0 Å². The Morgan fingerprint density at radius 1 is 1.11 bits per heavy atom. The maximum atomic E-state index is 11.3. The quantitative estimate of drug-likeness (QED) is 0.278. The molecule has 0 amide bonds. The van der Waals surface area contributed by atoms with Crippen LogP contribution in [0.3, 0.4) is 0 Å². The summed E-state index contributed by atoms with van der Waals surface area (Å²) in [5.74, 6) is -0.577. The Balaban J connectivity index is 4.46. The van der Waals surface area contributed by atoms with Crippen molar-refractivity contribution in [2.75, 3.05) is 13.2 Å². The number of carbonyl (C=O) groups excluding carboxylic acids is 2. The van der Waals surface area contributed by atoms with E-state index in [1.165, 1.54) is 12.3 Å². The molecule has 19 heavy (non-hydrogen) atoms. The standard InChI is InChI=1S/C14H20O5/c1-4-7-8-12(11-14(16)18-6-3)19-10-9-13(15)17-5-2/h4,9-11H,1,5-8H2,2-3H3/b10-9+,12-11-. The molecule has 0 heterocycles. The van der Waals surface area contributed by atoms with E-state index in [9.17, 15) is 9.59 Å². The average molecular weight is 268 g/mol. The molecule has 0 saturated heterocycles. The summed E-state index contributed by atoms with van der Waals surface area (Å²) >= 11 is 0. The Hall–Kier alpha value is -2.04. The fourth-order valence-electron chi connectivity index (χ4n) is 1.09. The van der Waals surface area contributed by atoms with Crippen molar-refractivity contribution >= 4 is 11.9 Å². The van der Waals surface area contributed by atoms with E-state index in [0.717, 1.165) is 6.08 Å². The predicted molar refractivity (Wildman–Crippen MR) is 71.0 cm³/mol. The van der Waals surface area contributed by atoms with E-state index in [2.05, 4.69) is 6.58 Å². The summed E-state index contributed by atoms with van der Waals surface area (Å²) < 4.78 is 14.7. The molecular weight excluding hydrogens is 248 g/mol. The van der Waals surface area contributed by atoms with Crippen LogP contribution in [-0.2, 0) is 23.8 Å². The number of ether oxygens (including phenoxy) is 3. The first-order valence-electron chi connectivity index (χ1n) is 6.12. The number of carbonyl (C=O) groups is 2. The van der Waals surface area contributed by atoms with Gasteiger partial charge < -0.3 is 14.2 Å². The summed E-state index contributed by atoms with van der Waals surface area (Å²) in [6.07, 6.45) is 6.44. The van der Waals surface area contributed by atoms with Crippen molar-refractivity contribution in [1.82, 2.24) is 0 Å². The van der Waals surface area contributed by atoms with E-state index in [-0.39, 0.29) is 0 Å². The molecule has 0 N–H and O–H groups in total. The molecule has 0 saturated carbocycles. The molecule has 0 spiro atoms. The van der Waals surface area contributed by atoms with Gasteiger partial charge in [0.15, 0.2) is 0 Å². The molecule has 0 radical (unpaired) electrons. The van der Waals surface area contributed by atoms with Crippen molar-refractivity contribution in [1.29, 1.82) is 0 Å². The monoisotopic (exact) mass is 268 g/mol. The second-order valence-electron chi connectivity index (χ2n) is 3.36. The van der Waals surface area contributed by atoms with E-state index < -0.39 is 11.9 Å². The summed E-state index contributed by atoms with van der Waals surface area (Å²) in [5.41, 5.74) is 0. The van der Waals surface area contributed by atoms with Crippen molar-refractivity contribution in [2.45, 2.75) is 26.7 Å². The van der Waals surface area contributed by atoms with Gasteiger partial charge in [-0.25, -0.2) is 9.59 Å². The van der Waals surface area contributed by atoms with Gasteiger partial charge in [-0.3, -0.25) is 0 Å². The van der Waals surface area contributed by atoms with Crippen molar-refractivity contribution < 1.29 is 23.8 Å². The van der Waals surface area contributed by atoms with Crippen LogP contribution < -0.4 is 0 Å². The topological polar surface area (TPSA) is 61.8 Å². The molecule has 0 aliphatic heterocycles. The largest absolute Gasteiger partial charge is 0.469 e. The number of esters is 2. The van der Waals surface area contributed by atoms with Gasteiger partial charge in [-0.2, -0.15) is 0 Å². The second kappa shape index (κ2) is 11.1. The van der Waals surface area contributed by atoms with Crippen molar-refractivity contribution in [3.8, 4) is 0 Å². The van der Waals surface area contributed by atoms with Crippen LogP contribution in [0.4, 0.5) is 0 Å². The Morgan fingerprint density at radius 3 is 2.32 bits per heavy atom. The number of rotatable bonds is 9. The maximum absolute atomic E-state index is 11.3. The molecule has 0 unspecified atom stereocenters. The number of allylic oxidation sites excluding steroid dienone is 2. The molecule has 5 heteroatoms. The zero-order valence-corrected chi connectivity index (χ0v) is 11.4. The Kier molecular flexibility index (Phi) is 9.88. The van der Waals surface area contributed by atoms with E-state index in [0.29, 0.717) is 31.8 Å². The molecule has 0 fully saturated rings. The Labute approximate surface area is 113 Å². The molecule has 0 aromatic rings. The van der Waals surface area contributed by atoms with Crippen LogP contribution in [0.15, 0.2) is 36.8 Å². The predicted octanol–water partition coefficient (Wildman–Crippen LogP) is 2.49. The van der Waals surface area contributed by atoms with Crippen LogP contribution in [0, 0.1) is 0 Å². The maximum Gasteiger partial charge on any atom is 0.334 e. The van der Waals surface area contributed by atoms with Crippen molar-refractivity contribution in [3.63, 3.8) is 0 Å². The van der Waals surface area contributed by atoms with Gasteiger partial charge in [-0.1, -0.05) is 6.08 Å². The third-order valence-corrected chi connectivity index (χ3v) is 1.87. The molecule has 0 aromatic heterocycles. The van der Waals surface area contributed by atoms with E-state index >= 15 is 0 Å². The number of hydrogen-bond donors (Lipinski definition) is 0. The van der Waals surface area contributed by atoms with Crippen molar-refractivity contribution in [2.24, 2.45) is 0 Å². The highest BCUT2D eigenvalue weighted by molar-refractivity contribution is 5.82. The summed E-state index contributed by atoms with van der Waals surface area (Å²) in [5, 5.41) is 0. The van der Waals surface area contributed by atoms with Crippen LogP contribution >= 0.6 is 0 Å². The molecule has 0 bridgehead atoms. The SMILES string of the molecule is C=CCC/C(=C/C(=O)OCC)O/C=C/C(=O)OCC. The lowest BCUT2D eigenvalue weighted by atomic mass is 10.2. The molecule has 0 rings (SSSR count). The van der Waals surface area contributed by atoms with Crippen LogP contribution in [-0.4, -0.2) is 25.2 Å². The molecule has 5 nitrogen and oxygen atoms in total. The zero-order valence-electron chi connectivity index (χ0n) is 11.4. The molecule has 106 valence electrons. The van der Waals surface area contributed by atoms with Crippen LogP contribution in [0.1, 0.15) is 26.7 Å². The lowest BCUT2D eigenvalue weighted by Gasteiger charge is -2.05. The molecule has 0 atom stereocenters. The lowest BCUT2D eigenvalue weighted by molar-refractivity contribution is -0.138. The average Bonchev–Trinajstić information content (AvgIpc) is 2.36. The van der Waals surface area contributed by atoms with Gasteiger partial charge in [-0.05, 0) is 20.3 Å². The molecule has 0 aliphatic carbocycles. The highest BCUT2D eigenvalue weighted by Gasteiger charge is 2.03. The van der Waals surface area contributed by atoms with Gasteiger partial charge in [0.1, 0.15) is 5.76 Å². The summed E-state index contributed by atoms with van der Waals surface area (Å²) in [6, 6.07) is 0. The molecule has 0 aliphatic rings. The third-order valence-electron chi connectivity index (χ3n) is 1.87. The molecule has 0 aromatic carbocycles. The Bertz CT molecular complexity index is 355. The molecular formula is C14H20O5. The van der Waals surface area contributed by atoms with Gasteiger partial charge in [0, 0.05) is 6.42 Å². The highest BCUT2D eigenvalue weighted by atomic mass is 16.5. The summed E-state index contributed by atoms with van der Waals surface area (Å²) in [7, 11) is 0. The van der Waals surface area contributed by atoms with Gasteiger partial charge in [-0.15, -0.1) is 6.58 Å². The Morgan fingerprint density at radius 2 is 1.74 bits per heavy atom. The van der Waals surface area contributed by atoms with Crippen LogP contribution in [0.5, 0.6) is 0 Å². The minimum Gasteiger partial charge on any atom is -0.469 e. The smallest absolute Gasteiger partial charge is 0.334 e. The van der Waals surface area contributed by atoms with Crippen LogP contribution in [0.25, 0.3) is 0 Å². The van der Waals surface area contributed by atoms with Gasteiger partial charge in [0.25, 0.3) is 0 Å². The normalized spacial score (nSPS) is 11.2. The van der Waals surface area contributed by atoms with E-state index in [1.54, 1.807) is 19.9 Å². The van der Waals surface area contributed by atoms with E-state index in [4.69, 9.17) is 14.2 Å². The fourth-order valence-corrected chi connectivity index (χ4v) is 1.09. The highest BCUT2D eigenvalue weighted by Crippen LogP contribution is 2.08. The van der Waals surface area contributed by atoms with Crippen LogP contribution in [0.2, 0.25) is 0 Å². The lowest BCUT2D eigenvalue weighted by Crippen LogP contribution is -2.02. The van der Waals surface area contributed by atoms with E-state index in [1.807, 2.05) is 0 Å². The number of hydrogen-bond acceptors (Lipinski definition) is 5. The van der Waals surface area contributed by atoms with Gasteiger partial charge >= 0.3 is 11.9 Å². The second-order valence-corrected chi connectivity index (χ2v) is 3.36. The first-order valence-corrected chi connectivity index (χ1v) is 6.12. The third kappa shape index (κ3) is 9.64. The first kappa shape index (κ1) is 17.0. The fraction of sp³-hybridized carbons (Fsp3) is 0.429. The van der Waals surface area contributed by atoms with Gasteiger partial charge in [0.05, 0.1) is 31.6 Å². The summed E-state index contributed by atoms with van der Waals surface area (Å²) in [4.78, 5) is 22.3. The minimum atomic E-state index is -0.498. The first-order chi connectivity index (χ1) is 9.13. The zero-order chi connectivity index (χ0) is 14.5. The summed E-state index contributed by atoms with van der Waals surface area (Å²) in [6.45, 7) is 7.61.